The third kappa shape index (κ3) is 4.60. The highest BCUT2D eigenvalue weighted by molar-refractivity contribution is 8.00. The maximum absolute atomic E-state index is 15.1. The molecule has 2 aliphatic heterocycles. The van der Waals surface area contributed by atoms with Gasteiger partial charge in [0.1, 0.15) is 11.4 Å². The van der Waals surface area contributed by atoms with Gasteiger partial charge in [0.05, 0.1) is 23.2 Å². The average Bonchev–Trinajstić information content (AvgIpc) is 3.71. The van der Waals surface area contributed by atoms with Gasteiger partial charge in [-0.05, 0) is 60.5 Å². The molecule has 12 heteroatoms. The number of anilines is 2. The second-order valence-corrected chi connectivity index (χ2v) is 13.9. The van der Waals surface area contributed by atoms with E-state index in [4.69, 9.17) is 16.0 Å². The van der Waals surface area contributed by atoms with Crippen molar-refractivity contribution in [1.82, 2.24) is 10.2 Å². The molecule has 0 saturated carbocycles. The summed E-state index contributed by atoms with van der Waals surface area (Å²) in [6.07, 6.45) is 0. The van der Waals surface area contributed by atoms with Crippen LogP contribution >= 0.6 is 34.7 Å². The monoisotopic (exact) mass is 680 g/mol. The summed E-state index contributed by atoms with van der Waals surface area (Å²) < 4.78 is 20.5. The molecular formula is C35H22ClFN4O4S2. The van der Waals surface area contributed by atoms with E-state index in [1.54, 1.807) is 54.6 Å². The number of rotatable bonds is 6. The maximum Gasteiger partial charge on any atom is 0.297 e. The van der Waals surface area contributed by atoms with Crippen molar-refractivity contribution in [3.63, 3.8) is 0 Å². The van der Waals surface area contributed by atoms with Gasteiger partial charge in [0.2, 0.25) is 10.9 Å². The Morgan fingerprint density at radius 2 is 1.68 bits per heavy atom. The molecule has 2 aliphatic rings. The molecule has 0 fully saturated rings. The molecule has 8 rings (SSSR count). The summed E-state index contributed by atoms with van der Waals surface area (Å²) >= 11 is 8.61. The number of halogens is 2. The van der Waals surface area contributed by atoms with Gasteiger partial charge in [-0.1, -0.05) is 88.8 Å². The summed E-state index contributed by atoms with van der Waals surface area (Å²) in [5, 5.41) is 9.78. The number of amides is 2. The normalized spacial score (nSPS) is 16.8. The van der Waals surface area contributed by atoms with Crippen molar-refractivity contribution in [1.29, 1.82) is 0 Å². The first-order valence-corrected chi connectivity index (χ1v) is 16.7. The molecule has 2 amide bonds. The van der Waals surface area contributed by atoms with Crippen molar-refractivity contribution in [2.24, 2.45) is 0 Å². The molecule has 6 aromatic rings. The number of carbonyl (C=O) groups excluding carboxylic acids is 2. The summed E-state index contributed by atoms with van der Waals surface area (Å²) in [4.78, 5) is 46.9. The van der Waals surface area contributed by atoms with Crippen LogP contribution in [0.4, 0.5) is 15.2 Å². The van der Waals surface area contributed by atoms with E-state index in [0.717, 1.165) is 22.5 Å². The van der Waals surface area contributed by atoms with Crippen molar-refractivity contribution in [2.45, 2.75) is 29.1 Å². The van der Waals surface area contributed by atoms with E-state index in [0.29, 0.717) is 31.9 Å². The lowest BCUT2D eigenvalue weighted by Gasteiger charge is -2.32. The van der Waals surface area contributed by atoms with E-state index >= 15 is 4.79 Å². The smallest absolute Gasteiger partial charge is 0.297 e. The molecule has 0 radical (unpaired) electrons. The molecule has 232 valence electrons. The molecule has 0 aliphatic carbocycles. The van der Waals surface area contributed by atoms with Gasteiger partial charge < -0.3 is 9.32 Å². The topological polar surface area (TPSA) is 96.6 Å². The van der Waals surface area contributed by atoms with E-state index < -0.39 is 28.6 Å². The van der Waals surface area contributed by atoms with Crippen LogP contribution in [0, 0.1) is 12.7 Å². The number of para-hydroxylation sites is 1. The summed E-state index contributed by atoms with van der Waals surface area (Å²) in [5.74, 6) is -1.25. The van der Waals surface area contributed by atoms with Gasteiger partial charge in [0, 0.05) is 16.3 Å². The van der Waals surface area contributed by atoms with Crippen molar-refractivity contribution < 1.29 is 18.4 Å². The first-order chi connectivity index (χ1) is 22.8. The number of hydrogen-bond acceptors (Lipinski definition) is 8. The van der Waals surface area contributed by atoms with E-state index in [2.05, 4.69) is 10.2 Å². The fraction of sp³-hybridized carbons (Fsp3) is 0.114. The highest BCUT2D eigenvalue weighted by Gasteiger charge is 2.66. The lowest BCUT2D eigenvalue weighted by Crippen LogP contribution is -2.53. The molecule has 47 heavy (non-hydrogen) atoms. The SMILES string of the molecule is Cc1ccc2oc3c(c(=O)c2c1)C1(C(=O)N(Cc2ccc(F)cc2)c2ccccc21)N(c1nnc(SCc2ccc(Cl)cc2)s1)C3=O. The molecule has 0 N–H and O–H groups in total. The third-order valence-corrected chi connectivity index (χ3v) is 10.8. The highest BCUT2D eigenvalue weighted by atomic mass is 35.5. The minimum absolute atomic E-state index is 0.0646. The first kappa shape index (κ1) is 29.6. The second kappa shape index (κ2) is 11.2. The van der Waals surface area contributed by atoms with E-state index in [1.165, 1.54) is 33.7 Å². The Bertz CT molecular complexity index is 2310. The molecule has 2 aromatic heterocycles. The van der Waals surface area contributed by atoms with Gasteiger partial charge in [0.15, 0.2) is 15.3 Å². The number of thioether (sulfide) groups is 1. The minimum Gasteiger partial charge on any atom is -0.450 e. The number of nitrogens with zero attached hydrogens (tertiary/aromatic N) is 4. The largest absolute Gasteiger partial charge is 0.450 e. The molecular weight excluding hydrogens is 659 g/mol. The van der Waals surface area contributed by atoms with Gasteiger partial charge in [-0.2, -0.15) is 0 Å². The molecule has 1 atom stereocenters. The standard InChI is InChI=1S/C35H22ClFN4O4S2/c1-19-6-15-27-24(16-19)29(42)28-30(45-27)31(43)41(33-38-39-34(47-33)46-18-21-7-11-22(36)12-8-21)35(28)25-4-2-3-5-26(25)40(32(35)44)17-20-9-13-23(37)14-10-20/h2-16H,17-18H2,1H3. The molecule has 1 unspecified atom stereocenters. The molecule has 1 spiro atoms. The summed E-state index contributed by atoms with van der Waals surface area (Å²) in [5.41, 5.74) is 1.23. The van der Waals surface area contributed by atoms with Crippen LogP contribution in [0.15, 0.2) is 105 Å². The molecule has 8 nitrogen and oxygen atoms in total. The van der Waals surface area contributed by atoms with Gasteiger partial charge in [-0.15, -0.1) is 10.2 Å². The van der Waals surface area contributed by atoms with E-state index in [-0.39, 0.29) is 34.0 Å². The number of fused-ring (bicyclic) bond motifs is 5. The summed E-state index contributed by atoms with van der Waals surface area (Å²) in [6, 6.07) is 25.5. The van der Waals surface area contributed by atoms with Crippen LogP contribution in [0.1, 0.15) is 38.4 Å². The molecule has 0 saturated heterocycles. The van der Waals surface area contributed by atoms with Gasteiger partial charge >= 0.3 is 0 Å². The van der Waals surface area contributed by atoms with Gasteiger partial charge in [-0.25, -0.2) is 4.39 Å². The van der Waals surface area contributed by atoms with Crippen LogP contribution in [-0.4, -0.2) is 22.0 Å². The van der Waals surface area contributed by atoms with Gasteiger partial charge in [0.25, 0.3) is 11.8 Å². The predicted molar refractivity (Wildman–Crippen MR) is 180 cm³/mol. The van der Waals surface area contributed by atoms with Crippen molar-refractivity contribution in [3.8, 4) is 0 Å². The Kier molecular flexibility index (Phi) is 7.01. The fourth-order valence-electron chi connectivity index (χ4n) is 6.28. The fourth-order valence-corrected chi connectivity index (χ4v) is 8.26. The zero-order valence-corrected chi connectivity index (χ0v) is 27.0. The Labute approximate surface area is 280 Å². The van der Waals surface area contributed by atoms with E-state index in [1.807, 2.05) is 31.2 Å². The summed E-state index contributed by atoms with van der Waals surface area (Å²) in [7, 11) is 0. The van der Waals surface area contributed by atoms with E-state index in [9.17, 15) is 14.0 Å². The van der Waals surface area contributed by atoms with Crippen LogP contribution in [0.3, 0.4) is 0 Å². The van der Waals surface area contributed by atoms with Crippen LogP contribution in [0.2, 0.25) is 5.02 Å². The van der Waals surface area contributed by atoms with Crippen molar-refractivity contribution in [3.05, 3.63) is 146 Å². The lowest BCUT2D eigenvalue weighted by atomic mass is 9.84. The molecule has 4 heterocycles. The second-order valence-electron chi connectivity index (χ2n) is 11.3. The van der Waals surface area contributed by atoms with Crippen LogP contribution in [0.5, 0.6) is 0 Å². The van der Waals surface area contributed by atoms with Crippen LogP contribution < -0.4 is 15.2 Å². The van der Waals surface area contributed by atoms with Crippen molar-refractivity contribution >= 4 is 68.3 Å². The summed E-state index contributed by atoms with van der Waals surface area (Å²) in [6.45, 7) is 1.93. The number of benzene rings is 4. The van der Waals surface area contributed by atoms with Gasteiger partial charge in [-0.3, -0.25) is 19.3 Å². The van der Waals surface area contributed by atoms with Crippen molar-refractivity contribution in [2.75, 3.05) is 9.80 Å². The first-order valence-electron chi connectivity index (χ1n) is 14.5. The number of aryl methyl sites for hydroxylation is 1. The van der Waals surface area contributed by atoms with Crippen LogP contribution in [0.25, 0.3) is 11.0 Å². The Morgan fingerprint density at radius 1 is 0.936 bits per heavy atom. The minimum atomic E-state index is -1.92. The molecule has 0 bridgehead atoms. The average molecular weight is 681 g/mol. The zero-order valence-electron chi connectivity index (χ0n) is 24.6. The predicted octanol–water partition coefficient (Wildman–Crippen LogP) is 7.49. The molecule has 4 aromatic carbocycles. The Balaban J connectivity index is 1.31. The number of hydrogen-bond donors (Lipinski definition) is 0. The lowest BCUT2D eigenvalue weighted by molar-refractivity contribution is -0.121. The number of aromatic nitrogens is 2. The maximum atomic E-state index is 15.1. The van der Waals surface area contributed by atoms with Crippen LogP contribution in [-0.2, 0) is 22.6 Å². The highest BCUT2D eigenvalue weighted by Crippen LogP contribution is 2.55. The zero-order chi connectivity index (χ0) is 32.4. The number of carbonyl (C=O) groups is 2. The quantitative estimate of drug-likeness (QED) is 0.133. The Hall–Kier alpha value is -4.84. The third-order valence-electron chi connectivity index (χ3n) is 8.40. The Morgan fingerprint density at radius 3 is 2.47 bits per heavy atom.